The van der Waals surface area contributed by atoms with Gasteiger partial charge >= 0.3 is 0 Å². The Bertz CT molecular complexity index is 504. The van der Waals surface area contributed by atoms with E-state index in [1.165, 1.54) is 25.9 Å². The molecule has 6 nitrogen and oxygen atoms in total. The van der Waals surface area contributed by atoms with E-state index in [2.05, 4.69) is 29.4 Å². The predicted molar refractivity (Wildman–Crippen MR) is 111 cm³/mol. The normalized spacial score (nSPS) is 25.5. The summed E-state index contributed by atoms with van der Waals surface area (Å²) in [5.41, 5.74) is 0. The standard InChI is InChI=1S/C16H32N4O2S.HI/c1-4-17-16(19-14-7-10-23(21,22)12-14)18-11-15(13(2)3)20-8-5-6-9-20;/h13-15H,4-12H2,1-3H3,(H2,17,18,19);1H. The van der Waals surface area contributed by atoms with Crippen LogP contribution in [0.2, 0.25) is 0 Å². The molecule has 0 bridgehead atoms. The van der Waals surface area contributed by atoms with E-state index in [0.717, 1.165) is 19.0 Å². The largest absolute Gasteiger partial charge is 0.357 e. The number of sulfone groups is 1. The fraction of sp³-hybridized carbons (Fsp3) is 0.938. The molecule has 2 fully saturated rings. The lowest BCUT2D eigenvalue weighted by Crippen LogP contribution is -2.45. The van der Waals surface area contributed by atoms with Crippen LogP contribution < -0.4 is 10.6 Å². The van der Waals surface area contributed by atoms with Crippen molar-refractivity contribution in [1.82, 2.24) is 15.5 Å². The lowest BCUT2D eigenvalue weighted by atomic mass is 10.0. The van der Waals surface area contributed by atoms with E-state index in [0.29, 0.717) is 18.4 Å². The van der Waals surface area contributed by atoms with Crippen LogP contribution in [0.4, 0.5) is 0 Å². The molecule has 2 heterocycles. The van der Waals surface area contributed by atoms with Crippen LogP contribution in [0.25, 0.3) is 0 Å². The molecule has 8 heteroatoms. The van der Waals surface area contributed by atoms with E-state index >= 15 is 0 Å². The van der Waals surface area contributed by atoms with Gasteiger partial charge in [0.15, 0.2) is 15.8 Å². The van der Waals surface area contributed by atoms with Crippen LogP contribution in [-0.2, 0) is 9.84 Å². The van der Waals surface area contributed by atoms with Crippen LogP contribution in [0.15, 0.2) is 4.99 Å². The number of hydrogen-bond acceptors (Lipinski definition) is 4. The number of nitrogens with one attached hydrogen (secondary N) is 2. The molecule has 2 rings (SSSR count). The summed E-state index contributed by atoms with van der Waals surface area (Å²) in [5.74, 6) is 1.81. The summed E-state index contributed by atoms with van der Waals surface area (Å²) in [5, 5.41) is 6.55. The molecule has 0 saturated carbocycles. The summed E-state index contributed by atoms with van der Waals surface area (Å²) >= 11 is 0. The third-order valence-corrected chi connectivity index (χ3v) is 6.50. The Morgan fingerprint density at radius 3 is 2.46 bits per heavy atom. The van der Waals surface area contributed by atoms with E-state index in [4.69, 9.17) is 4.99 Å². The Kier molecular flexibility index (Phi) is 9.29. The zero-order chi connectivity index (χ0) is 16.9. The number of guanidine groups is 1. The van der Waals surface area contributed by atoms with Crippen LogP contribution in [0.1, 0.15) is 40.0 Å². The van der Waals surface area contributed by atoms with Gasteiger partial charge < -0.3 is 10.6 Å². The van der Waals surface area contributed by atoms with Crippen LogP contribution in [0, 0.1) is 5.92 Å². The van der Waals surface area contributed by atoms with E-state index in [1.807, 2.05) is 6.92 Å². The van der Waals surface area contributed by atoms with Gasteiger partial charge in [0.25, 0.3) is 0 Å². The lowest BCUT2D eigenvalue weighted by Gasteiger charge is -2.29. The van der Waals surface area contributed by atoms with Gasteiger partial charge in [-0.2, -0.15) is 0 Å². The van der Waals surface area contributed by atoms with Gasteiger partial charge in [0, 0.05) is 18.6 Å². The maximum absolute atomic E-state index is 11.6. The number of hydrogen-bond donors (Lipinski definition) is 2. The summed E-state index contributed by atoms with van der Waals surface area (Å²) in [6.07, 6.45) is 3.24. The second kappa shape index (κ2) is 10.2. The molecule has 0 radical (unpaired) electrons. The highest BCUT2D eigenvalue weighted by Crippen LogP contribution is 2.18. The number of nitrogens with zero attached hydrogens (tertiary/aromatic N) is 2. The van der Waals surface area contributed by atoms with Crippen LogP contribution in [-0.4, -0.2) is 69.0 Å². The third-order valence-electron chi connectivity index (χ3n) is 4.73. The van der Waals surface area contributed by atoms with Crippen molar-refractivity contribution in [3.05, 3.63) is 0 Å². The molecule has 2 N–H and O–H groups in total. The average Bonchev–Trinajstić information content (AvgIpc) is 3.09. The number of aliphatic imine (C=N–C) groups is 1. The third kappa shape index (κ3) is 6.67. The van der Waals surface area contributed by atoms with Crippen molar-refractivity contribution in [1.29, 1.82) is 0 Å². The molecule has 0 aromatic heterocycles. The van der Waals surface area contributed by atoms with Gasteiger partial charge in [-0.3, -0.25) is 9.89 Å². The van der Waals surface area contributed by atoms with Gasteiger partial charge in [-0.15, -0.1) is 24.0 Å². The number of likely N-dealkylation sites (tertiary alicyclic amines) is 1. The number of halogens is 1. The molecule has 24 heavy (non-hydrogen) atoms. The van der Waals surface area contributed by atoms with Gasteiger partial charge in [-0.05, 0) is 45.2 Å². The minimum Gasteiger partial charge on any atom is -0.357 e. The van der Waals surface area contributed by atoms with Gasteiger partial charge in [0.05, 0.1) is 18.1 Å². The van der Waals surface area contributed by atoms with Crippen molar-refractivity contribution in [2.45, 2.75) is 52.1 Å². The molecule has 0 amide bonds. The first-order chi connectivity index (χ1) is 10.9. The molecular formula is C16H33IN4O2S. The molecule has 0 aliphatic carbocycles. The second-order valence-electron chi connectivity index (χ2n) is 7.02. The van der Waals surface area contributed by atoms with Crippen LogP contribution in [0.5, 0.6) is 0 Å². The quantitative estimate of drug-likeness (QED) is 0.348. The van der Waals surface area contributed by atoms with Crippen molar-refractivity contribution in [2.24, 2.45) is 10.9 Å². The average molecular weight is 472 g/mol. The van der Waals surface area contributed by atoms with Crippen molar-refractivity contribution >= 4 is 39.8 Å². The van der Waals surface area contributed by atoms with Crippen molar-refractivity contribution in [3.63, 3.8) is 0 Å². The lowest BCUT2D eigenvalue weighted by molar-refractivity contribution is 0.197. The summed E-state index contributed by atoms with van der Waals surface area (Å²) in [4.78, 5) is 7.29. The number of rotatable bonds is 6. The first-order valence-corrected chi connectivity index (χ1v) is 10.7. The van der Waals surface area contributed by atoms with Crippen molar-refractivity contribution in [3.8, 4) is 0 Å². The van der Waals surface area contributed by atoms with Gasteiger partial charge in [0.2, 0.25) is 0 Å². The Morgan fingerprint density at radius 2 is 1.96 bits per heavy atom. The monoisotopic (exact) mass is 472 g/mol. The van der Waals surface area contributed by atoms with E-state index in [9.17, 15) is 8.42 Å². The first kappa shape index (κ1) is 22.0. The molecule has 0 aromatic carbocycles. The highest BCUT2D eigenvalue weighted by Gasteiger charge is 2.29. The minimum absolute atomic E-state index is 0. The zero-order valence-corrected chi connectivity index (χ0v) is 18.3. The van der Waals surface area contributed by atoms with E-state index in [-0.39, 0.29) is 41.5 Å². The fourth-order valence-electron chi connectivity index (χ4n) is 3.43. The highest BCUT2D eigenvalue weighted by molar-refractivity contribution is 14.0. The smallest absolute Gasteiger partial charge is 0.191 e. The van der Waals surface area contributed by atoms with Crippen LogP contribution in [0.3, 0.4) is 0 Å². The Morgan fingerprint density at radius 1 is 1.29 bits per heavy atom. The molecule has 2 atom stereocenters. The molecule has 0 aromatic rings. The SMILES string of the molecule is CCNC(=NCC(C(C)C)N1CCCC1)NC1CCS(=O)(=O)C1.I. The summed E-state index contributed by atoms with van der Waals surface area (Å²) in [7, 11) is -2.87. The predicted octanol–water partition coefficient (Wildman–Crippen LogP) is 1.47. The van der Waals surface area contributed by atoms with E-state index in [1.54, 1.807) is 0 Å². The summed E-state index contributed by atoms with van der Waals surface area (Å²) in [6.45, 7) is 10.4. The zero-order valence-electron chi connectivity index (χ0n) is 15.1. The molecule has 2 unspecified atom stereocenters. The van der Waals surface area contributed by atoms with Crippen molar-refractivity contribution in [2.75, 3.05) is 37.7 Å². The van der Waals surface area contributed by atoms with Gasteiger partial charge in [-0.25, -0.2) is 8.42 Å². The summed E-state index contributed by atoms with van der Waals surface area (Å²) in [6, 6.07) is 0.447. The summed E-state index contributed by atoms with van der Waals surface area (Å²) < 4.78 is 23.2. The Hall–Kier alpha value is -0.0900. The maximum atomic E-state index is 11.6. The molecule has 142 valence electrons. The Labute approximate surface area is 164 Å². The topological polar surface area (TPSA) is 73.8 Å². The van der Waals surface area contributed by atoms with Gasteiger partial charge in [-0.1, -0.05) is 13.8 Å². The highest BCUT2D eigenvalue weighted by atomic mass is 127. The van der Waals surface area contributed by atoms with Crippen LogP contribution >= 0.6 is 24.0 Å². The molecule has 0 spiro atoms. The van der Waals surface area contributed by atoms with Gasteiger partial charge in [0.1, 0.15) is 0 Å². The molecule has 2 aliphatic rings. The molecule has 2 aliphatic heterocycles. The van der Waals surface area contributed by atoms with Crippen molar-refractivity contribution < 1.29 is 8.42 Å². The maximum Gasteiger partial charge on any atom is 0.191 e. The Balaban J connectivity index is 0.00000288. The van der Waals surface area contributed by atoms with E-state index < -0.39 is 9.84 Å². The first-order valence-electron chi connectivity index (χ1n) is 8.90. The minimum atomic E-state index is -2.87. The molecular weight excluding hydrogens is 439 g/mol. The molecule has 2 saturated heterocycles. The fourth-order valence-corrected chi connectivity index (χ4v) is 5.10. The second-order valence-corrected chi connectivity index (χ2v) is 9.25.